The standard InChI is InChI=1S/C21H22F2N2O2/c1-14(21(27)24-19-17(22)8-5-9-18(19)23)25-12-10-16(11-13-25)20(26)15-6-3-2-4-7-15/h2-9,14,16H,10-13H2,1H3,(H,24,27)/t14-/m1/s1. The van der Waals surface area contributed by atoms with Crippen molar-refractivity contribution in [3.63, 3.8) is 0 Å². The first kappa shape index (κ1) is 19.2. The van der Waals surface area contributed by atoms with Crippen molar-refractivity contribution in [2.75, 3.05) is 18.4 Å². The molecule has 1 fully saturated rings. The van der Waals surface area contributed by atoms with Crippen LogP contribution in [-0.4, -0.2) is 35.7 Å². The fourth-order valence-corrected chi connectivity index (χ4v) is 3.40. The van der Waals surface area contributed by atoms with Crippen molar-refractivity contribution >= 4 is 17.4 Å². The number of carbonyl (C=O) groups excluding carboxylic acids is 2. The number of hydrogen-bond acceptors (Lipinski definition) is 3. The molecule has 1 aliphatic rings. The van der Waals surface area contributed by atoms with Gasteiger partial charge in [0, 0.05) is 11.5 Å². The number of benzene rings is 2. The van der Waals surface area contributed by atoms with Crippen molar-refractivity contribution in [1.29, 1.82) is 0 Å². The van der Waals surface area contributed by atoms with Gasteiger partial charge in [0.15, 0.2) is 5.78 Å². The first-order valence-corrected chi connectivity index (χ1v) is 9.05. The SMILES string of the molecule is C[C@H](C(=O)Nc1c(F)cccc1F)N1CCC(C(=O)c2ccccc2)CC1. The minimum atomic E-state index is -0.803. The number of para-hydroxylation sites is 1. The van der Waals surface area contributed by atoms with Gasteiger partial charge in [-0.25, -0.2) is 8.78 Å². The van der Waals surface area contributed by atoms with E-state index in [2.05, 4.69) is 5.32 Å². The van der Waals surface area contributed by atoms with Crippen molar-refractivity contribution in [2.45, 2.75) is 25.8 Å². The van der Waals surface area contributed by atoms with Gasteiger partial charge in [-0.1, -0.05) is 36.4 Å². The van der Waals surface area contributed by atoms with Gasteiger partial charge in [-0.3, -0.25) is 14.5 Å². The summed E-state index contributed by atoms with van der Waals surface area (Å²) in [5.74, 6) is -2.01. The second-order valence-electron chi connectivity index (χ2n) is 6.80. The molecule has 27 heavy (non-hydrogen) atoms. The van der Waals surface area contributed by atoms with Crippen LogP contribution in [0.3, 0.4) is 0 Å². The van der Waals surface area contributed by atoms with Gasteiger partial charge in [-0.15, -0.1) is 0 Å². The third-order valence-electron chi connectivity index (χ3n) is 5.10. The maximum Gasteiger partial charge on any atom is 0.241 e. The summed E-state index contributed by atoms with van der Waals surface area (Å²) in [5.41, 5.74) is 0.278. The fraction of sp³-hybridized carbons (Fsp3) is 0.333. The van der Waals surface area contributed by atoms with Crippen molar-refractivity contribution in [2.24, 2.45) is 5.92 Å². The lowest BCUT2D eigenvalue weighted by atomic mass is 9.88. The van der Waals surface area contributed by atoms with E-state index in [1.165, 1.54) is 6.07 Å². The number of rotatable bonds is 5. The van der Waals surface area contributed by atoms with Crippen LogP contribution in [0.15, 0.2) is 48.5 Å². The van der Waals surface area contributed by atoms with E-state index in [1.54, 1.807) is 6.92 Å². The number of anilines is 1. The predicted molar refractivity (Wildman–Crippen MR) is 99.5 cm³/mol. The number of hydrogen-bond donors (Lipinski definition) is 1. The third-order valence-corrected chi connectivity index (χ3v) is 5.10. The first-order valence-electron chi connectivity index (χ1n) is 9.05. The minimum absolute atomic E-state index is 0.0667. The predicted octanol–water partition coefficient (Wildman–Crippen LogP) is 3.89. The Morgan fingerprint density at radius 2 is 1.59 bits per heavy atom. The Bertz CT molecular complexity index is 798. The molecule has 2 aromatic carbocycles. The zero-order valence-electron chi connectivity index (χ0n) is 15.1. The maximum absolute atomic E-state index is 13.7. The van der Waals surface area contributed by atoms with Crippen LogP contribution >= 0.6 is 0 Å². The van der Waals surface area contributed by atoms with E-state index >= 15 is 0 Å². The molecular weight excluding hydrogens is 350 g/mol. The van der Waals surface area contributed by atoms with Crippen molar-refractivity contribution in [3.8, 4) is 0 Å². The highest BCUT2D eigenvalue weighted by Gasteiger charge is 2.30. The van der Waals surface area contributed by atoms with E-state index in [-0.39, 0.29) is 11.7 Å². The molecule has 1 heterocycles. The third kappa shape index (κ3) is 4.39. The lowest BCUT2D eigenvalue weighted by molar-refractivity contribution is -0.121. The number of carbonyl (C=O) groups is 2. The van der Waals surface area contributed by atoms with Gasteiger partial charge >= 0.3 is 0 Å². The second-order valence-corrected chi connectivity index (χ2v) is 6.80. The first-order chi connectivity index (χ1) is 13.0. The second kappa shape index (κ2) is 8.39. The summed E-state index contributed by atoms with van der Waals surface area (Å²) in [5, 5.41) is 2.34. The number of Topliss-reactive ketones (excluding diaryl/α,β-unsaturated/α-hetero) is 1. The lowest BCUT2D eigenvalue weighted by Gasteiger charge is -2.34. The van der Waals surface area contributed by atoms with Gasteiger partial charge in [0.2, 0.25) is 5.91 Å². The fourth-order valence-electron chi connectivity index (χ4n) is 3.40. The summed E-state index contributed by atoms with van der Waals surface area (Å²) in [7, 11) is 0. The summed E-state index contributed by atoms with van der Waals surface area (Å²) in [6.07, 6.45) is 1.30. The van der Waals surface area contributed by atoms with E-state index in [4.69, 9.17) is 0 Å². The molecule has 142 valence electrons. The number of piperidine rings is 1. The Kier molecular flexibility index (Phi) is 5.96. The molecule has 1 saturated heterocycles. The van der Waals surface area contributed by atoms with Crippen LogP contribution in [-0.2, 0) is 4.79 Å². The number of nitrogens with zero attached hydrogens (tertiary/aromatic N) is 1. The van der Waals surface area contributed by atoms with Crippen LogP contribution in [0, 0.1) is 17.6 Å². The highest BCUT2D eigenvalue weighted by molar-refractivity contribution is 5.98. The summed E-state index contributed by atoms with van der Waals surface area (Å²) < 4.78 is 27.4. The highest BCUT2D eigenvalue weighted by atomic mass is 19.1. The van der Waals surface area contributed by atoms with E-state index in [9.17, 15) is 18.4 Å². The van der Waals surface area contributed by atoms with Crippen molar-refractivity contribution < 1.29 is 18.4 Å². The molecular formula is C21H22F2N2O2. The summed E-state index contributed by atoms with van der Waals surface area (Å²) in [6, 6.07) is 12.1. The molecule has 0 saturated carbocycles. The van der Waals surface area contributed by atoms with Crippen LogP contribution in [0.1, 0.15) is 30.1 Å². The van der Waals surface area contributed by atoms with E-state index in [0.717, 1.165) is 12.1 Å². The Balaban J connectivity index is 1.57. The average molecular weight is 372 g/mol. The van der Waals surface area contributed by atoms with Crippen LogP contribution in [0.5, 0.6) is 0 Å². The number of ketones is 1. The summed E-state index contributed by atoms with van der Waals surface area (Å²) >= 11 is 0. The number of likely N-dealkylation sites (tertiary alicyclic amines) is 1. The molecule has 0 spiro atoms. The molecule has 3 rings (SSSR count). The van der Waals surface area contributed by atoms with Gasteiger partial charge in [0.05, 0.1) is 6.04 Å². The smallest absolute Gasteiger partial charge is 0.241 e. The van der Waals surface area contributed by atoms with E-state index < -0.39 is 29.3 Å². The van der Waals surface area contributed by atoms with E-state index in [1.807, 2.05) is 35.2 Å². The molecule has 1 aliphatic heterocycles. The number of nitrogens with one attached hydrogen (secondary N) is 1. The lowest BCUT2D eigenvalue weighted by Crippen LogP contribution is -2.47. The maximum atomic E-state index is 13.7. The normalized spacial score (nSPS) is 16.7. The molecule has 0 radical (unpaired) electrons. The molecule has 0 aromatic heterocycles. The number of halogens is 2. The highest BCUT2D eigenvalue weighted by Crippen LogP contribution is 2.24. The zero-order chi connectivity index (χ0) is 19.4. The van der Waals surface area contributed by atoms with Gasteiger partial charge in [-0.2, -0.15) is 0 Å². The molecule has 1 atom stereocenters. The Hall–Kier alpha value is -2.60. The van der Waals surface area contributed by atoms with Crippen molar-refractivity contribution in [3.05, 3.63) is 65.7 Å². The molecule has 4 nitrogen and oxygen atoms in total. The number of amides is 1. The van der Waals surface area contributed by atoms with Crippen LogP contribution in [0.25, 0.3) is 0 Å². The quantitative estimate of drug-likeness (QED) is 0.810. The molecule has 1 N–H and O–H groups in total. The van der Waals surface area contributed by atoms with Gasteiger partial charge in [0.1, 0.15) is 17.3 Å². The summed E-state index contributed by atoms with van der Waals surface area (Å²) in [6.45, 7) is 2.86. The van der Waals surface area contributed by atoms with Gasteiger partial charge < -0.3 is 5.32 Å². The monoisotopic (exact) mass is 372 g/mol. The van der Waals surface area contributed by atoms with Crippen molar-refractivity contribution in [1.82, 2.24) is 4.90 Å². The minimum Gasteiger partial charge on any atom is -0.320 e. The Labute approximate surface area is 157 Å². The molecule has 2 aromatic rings. The van der Waals surface area contributed by atoms with E-state index in [0.29, 0.717) is 31.5 Å². The van der Waals surface area contributed by atoms with Gasteiger partial charge in [0.25, 0.3) is 0 Å². The average Bonchev–Trinajstić information content (AvgIpc) is 2.70. The van der Waals surface area contributed by atoms with Crippen LogP contribution in [0.2, 0.25) is 0 Å². The zero-order valence-corrected chi connectivity index (χ0v) is 15.1. The Morgan fingerprint density at radius 3 is 2.19 bits per heavy atom. The van der Waals surface area contributed by atoms with Crippen LogP contribution in [0.4, 0.5) is 14.5 Å². The largest absolute Gasteiger partial charge is 0.320 e. The molecule has 0 bridgehead atoms. The van der Waals surface area contributed by atoms with Crippen LogP contribution < -0.4 is 5.32 Å². The Morgan fingerprint density at radius 1 is 1.00 bits per heavy atom. The molecule has 0 aliphatic carbocycles. The molecule has 0 unspecified atom stereocenters. The molecule has 1 amide bonds. The van der Waals surface area contributed by atoms with Gasteiger partial charge in [-0.05, 0) is 45.0 Å². The topological polar surface area (TPSA) is 49.4 Å². The molecule has 6 heteroatoms. The summed E-state index contributed by atoms with van der Waals surface area (Å²) in [4.78, 5) is 26.9.